The van der Waals surface area contributed by atoms with Crippen molar-refractivity contribution in [3.05, 3.63) is 23.8 Å². The van der Waals surface area contributed by atoms with Crippen LogP contribution < -0.4 is 9.47 Å². The Labute approximate surface area is 158 Å². The summed E-state index contributed by atoms with van der Waals surface area (Å²) in [5.41, 5.74) is 1.64. The van der Waals surface area contributed by atoms with Gasteiger partial charge in [0, 0.05) is 5.56 Å². The zero-order chi connectivity index (χ0) is 19.3. The highest BCUT2D eigenvalue weighted by atomic mass is 32.2. The Morgan fingerprint density at radius 3 is 2.62 bits per heavy atom. The van der Waals surface area contributed by atoms with Crippen LogP contribution in [0.2, 0.25) is 0 Å². The summed E-state index contributed by atoms with van der Waals surface area (Å²) >= 11 is 1.28. The van der Waals surface area contributed by atoms with E-state index >= 15 is 0 Å². The molecule has 6 nitrogen and oxygen atoms in total. The number of halogens is 1. The lowest BCUT2D eigenvalue weighted by atomic mass is 10.0. The molecule has 0 spiro atoms. The second-order valence-electron chi connectivity index (χ2n) is 6.08. The van der Waals surface area contributed by atoms with Crippen LogP contribution in [0.5, 0.6) is 11.5 Å². The summed E-state index contributed by atoms with van der Waals surface area (Å²) in [6.07, 6.45) is 1.42. The van der Waals surface area contributed by atoms with Crippen molar-refractivity contribution in [1.29, 1.82) is 0 Å². The fraction of sp³-hybridized carbons (Fsp3) is 0.556. The van der Waals surface area contributed by atoms with Crippen molar-refractivity contribution in [2.45, 2.75) is 38.1 Å². The molecule has 1 amide bonds. The van der Waals surface area contributed by atoms with Crippen LogP contribution in [0.15, 0.2) is 23.3 Å². The molecule has 2 unspecified atom stereocenters. The number of thioether (sulfide) groups is 1. The van der Waals surface area contributed by atoms with Gasteiger partial charge in [-0.1, -0.05) is 25.6 Å². The van der Waals surface area contributed by atoms with Gasteiger partial charge in [0.25, 0.3) is 0 Å². The first-order valence-corrected chi connectivity index (χ1v) is 9.46. The molecule has 26 heavy (non-hydrogen) atoms. The molecule has 0 saturated heterocycles. The molecule has 1 aliphatic rings. The summed E-state index contributed by atoms with van der Waals surface area (Å²) in [4.78, 5) is 14.6. The quantitative estimate of drug-likeness (QED) is 0.680. The van der Waals surface area contributed by atoms with Gasteiger partial charge in [0.05, 0.1) is 18.1 Å². The number of hydrazone groups is 1. The van der Waals surface area contributed by atoms with Crippen LogP contribution in [0.4, 0.5) is 9.18 Å². The molecule has 0 aliphatic carbocycles. The van der Waals surface area contributed by atoms with Crippen LogP contribution in [-0.2, 0) is 0 Å². The smallest absolute Gasteiger partial charge is 0.303 e. The molecule has 0 fully saturated rings. The van der Waals surface area contributed by atoms with Crippen molar-refractivity contribution in [1.82, 2.24) is 9.91 Å². The van der Waals surface area contributed by atoms with E-state index in [1.54, 1.807) is 17.1 Å². The van der Waals surface area contributed by atoms with Crippen molar-refractivity contribution >= 4 is 22.7 Å². The number of methoxy groups -OCH3 is 1. The molecule has 0 N–H and O–H groups in total. The largest absolute Gasteiger partial charge is 0.493 e. The average molecular weight is 383 g/mol. The molecule has 2 atom stereocenters. The van der Waals surface area contributed by atoms with Crippen LogP contribution >= 0.6 is 11.8 Å². The van der Waals surface area contributed by atoms with E-state index in [4.69, 9.17) is 14.6 Å². The fourth-order valence-corrected chi connectivity index (χ4v) is 3.90. The van der Waals surface area contributed by atoms with Crippen LogP contribution in [-0.4, -0.2) is 60.3 Å². The van der Waals surface area contributed by atoms with E-state index in [-0.39, 0.29) is 16.7 Å². The molecular formula is C18H26FN3O3S. The highest BCUT2D eigenvalue weighted by molar-refractivity contribution is 8.14. The van der Waals surface area contributed by atoms with Gasteiger partial charge in [0.2, 0.25) is 6.86 Å². The molecule has 0 bridgehead atoms. The van der Waals surface area contributed by atoms with Gasteiger partial charge in [-0.25, -0.2) is 9.40 Å². The van der Waals surface area contributed by atoms with Gasteiger partial charge >= 0.3 is 5.24 Å². The van der Waals surface area contributed by atoms with E-state index < -0.39 is 6.86 Å². The maximum Gasteiger partial charge on any atom is 0.303 e. The van der Waals surface area contributed by atoms with Gasteiger partial charge in [-0.15, -0.1) is 0 Å². The molecule has 0 saturated carbocycles. The minimum atomic E-state index is -0.923. The normalized spacial score (nSPS) is 18.7. The van der Waals surface area contributed by atoms with Gasteiger partial charge in [-0.3, -0.25) is 9.69 Å². The standard InChI is InChI=1S/C18H26FN3O3S/c1-6-15-17(12-8-9-13(25-11-19)14(10-12)24-5)20-22(18(23)26-15)16(7-2)21(3)4/h8-10,15-16H,6-7,11H2,1-5H3. The number of hydrogen-bond donors (Lipinski definition) is 0. The predicted molar refractivity (Wildman–Crippen MR) is 103 cm³/mol. The van der Waals surface area contributed by atoms with Gasteiger partial charge in [-0.2, -0.15) is 5.10 Å². The zero-order valence-corrected chi connectivity index (χ0v) is 16.7. The Hall–Kier alpha value is -1.80. The van der Waals surface area contributed by atoms with Gasteiger partial charge < -0.3 is 9.47 Å². The SMILES string of the molecule is CCC1SC(=O)N(C(CC)N(C)C)N=C1c1ccc(OCF)c(OC)c1. The lowest BCUT2D eigenvalue weighted by Crippen LogP contribution is -2.47. The van der Waals surface area contributed by atoms with Crippen LogP contribution in [0.3, 0.4) is 0 Å². The zero-order valence-electron chi connectivity index (χ0n) is 15.9. The predicted octanol–water partition coefficient (Wildman–Crippen LogP) is 3.95. The van der Waals surface area contributed by atoms with Crippen LogP contribution in [0, 0.1) is 0 Å². The highest BCUT2D eigenvalue weighted by Crippen LogP contribution is 2.34. The average Bonchev–Trinajstić information content (AvgIpc) is 2.63. The first-order valence-electron chi connectivity index (χ1n) is 8.58. The van der Waals surface area contributed by atoms with Crippen LogP contribution in [0.1, 0.15) is 32.3 Å². The first-order chi connectivity index (χ1) is 12.5. The molecule has 8 heteroatoms. The minimum absolute atomic E-state index is 0.0453. The number of nitrogens with zero attached hydrogens (tertiary/aromatic N) is 3. The van der Waals surface area contributed by atoms with Gasteiger partial charge in [0.1, 0.15) is 6.17 Å². The fourth-order valence-electron chi connectivity index (χ4n) is 2.92. The Morgan fingerprint density at radius 2 is 2.08 bits per heavy atom. The summed E-state index contributed by atoms with van der Waals surface area (Å²) in [6.45, 7) is 3.13. The molecule has 1 heterocycles. The molecule has 1 aromatic carbocycles. The molecule has 144 valence electrons. The summed E-state index contributed by atoms with van der Waals surface area (Å²) in [7, 11) is 5.37. The van der Waals surface area contributed by atoms with Crippen molar-refractivity contribution in [2.75, 3.05) is 28.1 Å². The number of benzene rings is 1. The van der Waals surface area contributed by atoms with Crippen molar-refractivity contribution in [2.24, 2.45) is 5.10 Å². The number of carbonyl (C=O) groups is 1. The number of amides is 1. The number of hydrogen-bond acceptors (Lipinski definition) is 6. The van der Waals surface area contributed by atoms with E-state index in [2.05, 4.69) is 0 Å². The van der Waals surface area contributed by atoms with E-state index in [0.29, 0.717) is 11.5 Å². The Morgan fingerprint density at radius 1 is 1.35 bits per heavy atom. The lowest BCUT2D eigenvalue weighted by molar-refractivity contribution is 0.114. The Bertz CT molecular complexity index is 669. The summed E-state index contributed by atoms with van der Waals surface area (Å²) < 4.78 is 22.8. The van der Waals surface area contributed by atoms with E-state index in [0.717, 1.165) is 24.1 Å². The molecule has 1 aromatic rings. The van der Waals surface area contributed by atoms with Gasteiger partial charge in [0.15, 0.2) is 11.5 Å². The Balaban J connectivity index is 2.47. The number of ether oxygens (including phenoxy) is 2. The number of alkyl halides is 1. The molecule has 0 aromatic heterocycles. The van der Waals surface area contributed by atoms with Crippen molar-refractivity contribution < 1.29 is 18.7 Å². The third kappa shape index (κ3) is 4.29. The maximum absolute atomic E-state index is 12.6. The second kappa shape index (κ2) is 9.23. The molecule has 2 rings (SSSR count). The third-order valence-electron chi connectivity index (χ3n) is 4.23. The Kier molecular flexibility index (Phi) is 7.28. The van der Waals surface area contributed by atoms with E-state index in [1.165, 1.54) is 18.9 Å². The van der Waals surface area contributed by atoms with Crippen molar-refractivity contribution in [3.63, 3.8) is 0 Å². The summed E-state index contributed by atoms with van der Waals surface area (Å²) in [6, 6.07) is 5.26. The van der Waals surface area contributed by atoms with E-state index in [9.17, 15) is 9.18 Å². The summed E-state index contributed by atoms with van der Waals surface area (Å²) in [5.74, 6) is 0.773. The third-order valence-corrected chi connectivity index (χ3v) is 5.46. The van der Waals surface area contributed by atoms with Gasteiger partial charge in [-0.05, 0) is 45.1 Å². The molecule has 0 radical (unpaired) electrons. The van der Waals surface area contributed by atoms with Crippen LogP contribution in [0.25, 0.3) is 0 Å². The highest BCUT2D eigenvalue weighted by Gasteiger charge is 2.34. The second-order valence-corrected chi connectivity index (χ2v) is 7.24. The number of rotatable bonds is 8. The summed E-state index contributed by atoms with van der Waals surface area (Å²) in [5, 5.41) is 6.15. The topological polar surface area (TPSA) is 54.4 Å². The monoisotopic (exact) mass is 383 g/mol. The number of carbonyl (C=O) groups excluding carboxylic acids is 1. The lowest BCUT2D eigenvalue weighted by Gasteiger charge is -2.36. The molecule has 1 aliphatic heterocycles. The van der Waals surface area contributed by atoms with E-state index in [1.807, 2.05) is 38.9 Å². The first kappa shape index (κ1) is 20.5. The molecular weight excluding hydrogens is 357 g/mol. The maximum atomic E-state index is 12.6. The van der Waals surface area contributed by atoms with Crippen molar-refractivity contribution in [3.8, 4) is 11.5 Å². The minimum Gasteiger partial charge on any atom is -0.493 e.